The summed E-state index contributed by atoms with van der Waals surface area (Å²) in [5, 5.41) is 5.31. The number of fused-ring (bicyclic) bond motifs is 4. The van der Waals surface area contributed by atoms with E-state index in [2.05, 4.69) is 73.1 Å². The molecule has 1 heteroatoms. The monoisotopic (exact) mass is 245 g/mol. The van der Waals surface area contributed by atoms with Gasteiger partial charge in [0.2, 0.25) is 0 Å². The van der Waals surface area contributed by atoms with E-state index >= 15 is 0 Å². The van der Waals surface area contributed by atoms with Gasteiger partial charge in [0.15, 0.2) is 0 Å². The maximum Gasteiger partial charge on any atom is 0.0518 e. The van der Waals surface area contributed by atoms with Crippen LogP contribution in [0.4, 0.5) is 0 Å². The van der Waals surface area contributed by atoms with Crippen molar-refractivity contribution >= 4 is 32.6 Å². The lowest BCUT2D eigenvalue weighted by atomic mass is 10.1. The summed E-state index contributed by atoms with van der Waals surface area (Å²) in [7, 11) is 2.16. The molecule has 0 bridgehead atoms. The van der Waals surface area contributed by atoms with E-state index in [4.69, 9.17) is 0 Å². The molecule has 0 saturated heterocycles. The Morgan fingerprint density at radius 1 is 0.789 bits per heavy atom. The van der Waals surface area contributed by atoms with Crippen LogP contribution in [0.1, 0.15) is 5.56 Å². The van der Waals surface area contributed by atoms with Crippen LogP contribution in [0.25, 0.3) is 32.6 Å². The molecule has 92 valence electrons. The van der Waals surface area contributed by atoms with E-state index in [0.717, 1.165) is 0 Å². The molecule has 0 saturated carbocycles. The van der Waals surface area contributed by atoms with E-state index < -0.39 is 0 Å². The molecule has 4 aromatic rings. The van der Waals surface area contributed by atoms with Gasteiger partial charge in [-0.3, -0.25) is 0 Å². The van der Waals surface area contributed by atoms with Crippen LogP contribution in [0.5, 0.6) is 0 Å². The van der Waals surface area contributed by atoms with E-state index in [1.54, 1.807) is 0 Å². The second-order valence-corrected chi connectivity index (χ2v) is 5.25. The Morgan fingerprint density at radius 3 is 2.32 bits per heavy atom. The van der Waals surface area contributed by atoms with Crippen molar-refractivity contribution in [3.8, 4) is 0 Å². The molecular formula is C18H15N. The van der Waals surface area contributed by atoms with Crippen molar-refractivity contribution in [2.45, 2.75) is 6.92 Å². The first kappa shape index (κ1) is 10.6. The van der Waals surface area contributed by atoms with E-state index in [9.17, 15) is 0 Å². The van der Waals surface area contributed by atoms with E-state index in [0.29, 0.717) is 0 Å². The molecule has 3 aromatic carbocycles. The van der Waals surface area contributed by atoms with Crippen molar-refractivity contribution in [3.63, 3.8) is 0 Å². The Bertz CT molecular complexity index is 929. The highest BCUT2D eigenvalue weighted by atomic mass is 14.9. The van der Waals surface area contributed by atoms with Crippen LogP contribution in [0.2, 0.25) is 0 Å². The van der Waals surface area contributed by atoms with Gasteiger partial charge in [-0.25, -0.2) is 0 Å². The van der Waals surface area contributed by atoms with Crippen LogP contribution in [0.3, 0.4) is 0 Å². The predicted molar refractivity (Wildman–Crippen MR) is 82.7 cm³/mol. The third-order valence-corrected chi connectivity index (χ3v) is 4.09. The lowest BCUT2D eigenvalue weighted by Crippen LogP contribution is -1.88. The van der Waals surface area contributed by atoms with Gasteiger partial charge in [0, 0.05) is 23.3 Å². The van der Waals surface area contributed by atoms with Crippen molar-refractivity contribution < 1.29 is 0 Å². The fourth-order valence-corrected chi connectivity index (χ4v) is 3.16. The molecule has 1 heterocycles. The Balaban J connectivity index is 2.33. The number of aryl methyl sites for hydroxylation is 2. The normalized spacial score (nSPS) is 11.7. The van der Waals surface area contributed by atoms with Gasteiger partial charge >= 0.3 is 0 Å². The quantitative estimate of drug-likeness (QED) is 0.419. The number of nitrogens with zero attached hydrogens (tertiary/aromatic N) is 1. The first-order chi connectivity index (χ1) is 9.25. The zero-order valence-corrected chi connectivity index (χ0v) is 11.1. The minimum absolute atomic E-state index is 1.30. The van der Waals surface area contributed by atoms with Gasteiger partial charge in [0.1, 0.15) is 0 Å². The highest BCUT2D eigenvalue weighted by Crippen LogP contribution is 2.32. The zero-order valence-electron chi connectivity index (χ0n) is 11.1. The molecule has 0 aliphatic heterocycles. The highest BCUT2D eigenvalue weighted by Gasteiger charge is 2.10. The fraction of sp³-hybridized carbons (Fsp3) is 0.111. The molecule has 0 unspecified atom stereocenters. The van der Waals surface area contributed by atoms with Crippen molar-refractivity contribution in [1.82, 2.24) is 4.57 Å². The number of aromatic nitrogens is 1. The molecule has 4 rings (SSSR count). The van der Waals surface area contributed by atoms with Crippen LogP contribution in [0.15, 0.2) is 54.6 Å². The SMILES string of the molecule is Cc1cccc2c3cc4ccccc4cc3n(C)c12. The molecule has 19 heavy (non-hydrogen) atoms. The van der Waals surface area contributed by atoms with Crippen LogP contribution in [0, 0.1) is 6.92 Å². The molecule has 0 fully saturated rings. The van der Waals surface area contributed by atoms with Gasteiger partial charge in [0.25, 0.3) is 0 Å². The molecule has 0 amide bonds. The van der Waals surface area contributed by atoms with Gasteiger partial charge < -0.3 is 4.57 Å². The molecule has 0 radical (unpaired) electrons. The molecule has 0 aliphatic rings. The van der Waals surface area contributed by atoms with E-state index in [1.165, 1.54) is 38.1 Å². The van der Waals surface area contributed by atoms with E-state index in [-0.39, 0.29) is 0 Å². The van der Waals surface area contributed by atoms with Gasteiger partial charge in [-0.05, 0) is 35.4 Å². The number of hydrogen-bond donors (Lipinski definition) is 0. The highest BCUT2D eigenvalue weighted by molar-refractivity contribution is 6.13. The zero-order chi connectivity index (χ0) is 13.0. The largest absolute Gasteiger partial charge is 0.343 e. The molecule has 1 nitrogen and oxygen atoms in total. The first-order valence-electron chi connectivity index (χ1n) is 6.62. The third-order valence-electron chi connectivity index (χ3n) is 4.09. The summed E-state index contributed by atoms with van der Waals surface area (Å²) in [5.74, 6) is 0. The molecule has 0 N–H and O–H groups in total. The van der Waals surface area contributed by atoms with E-state index in [1.807, 2.05) is 0 Å². The minimum atomic E-state index is 1.30. The van der Waals surface area contributed by atoms with Gasteiger partial charge in [0.05, 0.1) is 5.52 Å². The number of rotatable bonds is 0. The maximum atomic E-state index is 2.31. The molecular weight excluding hydrogens is 230 g/mol. The fourth-order valence-electron chi connectivity index (χ4n) is 3.16. The van der Waals surface area contributed by atoms with Crippen LogP contribution in [-0.4, -0.2) is 4.57 Å². The lowest BCUT2D eigenvalue weighted by molar-refractivity contribution is 1.01. The van der Waals surface area contributed by atoms with Crippen molar-refractivity contribution in [3.05, 3.63) is 60.2 Å². The molecule has 0 atom stereocenters. The summed E-state index contributed by atoms with van der Waals surface area (Å²) in [6.45, 7) is 2.18. The number of benzene rings is 3. The Hall–Kier alpha value is -2.28. The van der Waals surface area contributed by atoms with Gasteiger partial charge in [-0.1, -0.05) is 42.5 Å². The van der Waals surface area contributed by atoms with Crippen LogP contribution < -0.4 is 0 Å². The van der Waals surface area contributed by atoms with Crippen molar-refractivity contribution in [1.29, 1.82) is 0 Å². The lowest BCUT2D eigenvalue weighted by Gasteiger charge is -2.01. The molecule has 0 aliphatic carbocycles. The summed E-state index contributed by atoms with van der Waals surface area (Å²) < 4.78 is 2.31. The summed E-state index contributed by atoms with van der Waals surface area (Å²) in [4.78, 5) is 0. The Kier molecular flexibility index (Phi) is 2.02. The number of hydrogen-bond acceptors (Lipinski definition) is 0. The summed E-state index contributed by atoms with van der Waals surface area (Å²) >= 11 is 0. The standard InChI is InChI=1S/C18H15N/c1-12-6-5-9-15-16-10-13-7-3-4-8-14(13)11-17(16)19(2)18(12)15/h3-11H,1-2H3. The van der Waals surface area contributed by atoms with Gasteiger partial charge in [-0.15, -0.1) is 0 Å². The summed E-state index contributed by atoms with van der Waals surface area (Å²) in [6.07, 6.45) is 0. The first-order valence-corrected chi connectivity index (χ1v) is 6.62. The summed E-state index contributed by atoms with van der Waals surface area (Å²) in [5.41, 5.74) is 3.98. The second kappa shape index (κ2) is 3.61. The second-order valence-electron chi connectivity index (χ2n) is 5.25. The van der Waals surface area contributed by atoms with Gasteiger partial charge in [-0.2, -0.15) is 0 Å². The smallest absolute Gasteiger partial charge is 0.0518 e. The maximum absolute atomic E-state index is 2.31. The molecule has 1 aromatic heterocycles. The van der Waals surface area contributed by atoms with Crippen LogP contribution >= 0.6 is 0 Å². The average molecular weight is 245 g/mol. The van der Waals surface area contributed by atoms with Crippen molar-refractivity contribution in [2.24, 2.45) is 7.05 Å². The van der Waals surface area contributed by atoms with Crippen molar-refractivity contribution in [2.75, 3.05) is 0 Å². The topological polar surface area (TPSA) is 4.93 Å². The number of para-hydroxylation sites is 1. The minimum Gasteiger partial charge on any atom is -0.343 e. The average Bonchev–Trinajstić information content (AvgIpc) is 2.71. The predicted octanol–water partition coefficient (Wildman–Crippen LogP) is 4.79. The molecule has 0 spiro atoms. The Labute approximate surface area is 112 Å². The summed E-state index contributed by atoms with van der Waals surface area (Å²) in [6, 6.07) is 19.7. The van der Waals surface area contributed by atoms with Crippen LogP contribution in [-0.2, 0) is 7.05 Å². The Morgan fingerprint density at radius 2 is 1.53 bits per heavy atom. The third kappa shape index (κ3) is 1.36.